The normalized spacial score (nSPS) is 10.4. The van der Waals surface area contributed by atoms with Crippen molar-refractivity contribution in [3.05, 3.63) is 35.9 Å². The summed E-state index contributed by atoms with van der Waals surface area (Å²) in [7, 11) is 0. The summed E-state index contributed by atoms with van der Waals surface area (Å²) in [6, 6.07) is 9.46. The number of fused-ring (bicyclic) bond motifs is 1. The number of benzene rings is 1. The van der Waals surface area contributed by atoms with E-state index in [1.807, 2.05) is 37.3 Å². The molecule has 2 rings (SSSR count). The van der Waals surface area contributed by atoms with Gasteiger partial charge in [-0.15, -0.1) is 0 Å². The molecule has 82 valence electrons. The Bertz CT molecular complexity index is 534. The Balaban J connectivity index is 2.59. The minimum Gasteiger partial charge on any atom is -0.370 e. The molecule has 0 fully saturated rings. The first kappa shape index (κ1) is 10.6. The van der Waals surface area contributed by atoms with Crippen molar-refractivity contribution < 1.29 is 4.79 Å². The molecule has 1 aromatic carbocycles. The van der Waals surface area contributed by atoms with Crippen molar-refractivity contribution in [2.75, 3.05) is 11.9 Å². The Morgan fingerprint density at radius 3 is 2.81 bits per heavy atom. The van der Waals surface area contributed by atoms with Crippen molar-refractivity contribution in [3.63, 3.8) is 0 Å². The average molecular weight is 214 g/mol. The highest BCUT2D eigenvalue weighted by molar-refractivity contribution is 6.06. The van der Waals surface area contributed by atoms with Gasteiger partial charge in [0.2, 0.25) is 0 Å². The lowest BCUT2D eigenvalue weighted by Crippen LogP contribution is -2.00. The minimum absolute atomic E-state index is 0.0728. The molecule has 0 unspecified atom stereocenters. The Hall–Kier alpha value is -1.90. The summed E-state index contributed by atoms with van der Waals surface area (Å²) < 4.78 is 0. The Kier molecular flexibility index (Phi) is 2.86. The van der Waals surface area contributed by atoms with E-state index in [0.29, 0.717) is 0 Å². The summed E-state index contributed by atoms with van der Waals surface area (Å²) in [5.74, 6) is 0.916. The molecule has 0 atom stereocenters. The highest BCUT2D eigenvalue weighted by Crippen LogP contribution is 2.19. The van der Waals surface area contributed by atoms with E-state index in [1.165, 1.54) is 0 Å². The molecule has 16 heavy (non-hydrogen) atoms. The van der Waals surface area contributed by atoms with Crippen molar-refractivity contribution >= 4 is 22.5 Å². The van der Waals surface area contributed by atoms with E-state index >= 15 is 0 Å². The lowest BCUT2D eigenvalue weighted by atomic mass is 10.1. The van der Waals surface area contributed by atoms with Crippen LogP contribution in [0.2, 0.25) is 0 Å². The second-order valence-corrected chi connectivity index (χ2v) is 3.66. The second kappa shape index (κ2) is 4.31. The fourth-order valence-corrected chi connectivity index (χ4v) is 1.74. The van der Waals surface area contributed by atoms with Gasteiger partial charge in [-0.05, 0) is 32.0 Å². The van der Waals surface area contributed by atoms with Crippen LogP contribution in [0.5, 0.6) is 0 Å². The van der Waals surface area contributed by atoms with E-state index in [0.717, 1.165) is 28.8 Å². The molecule has 0 spiro atoms. The molecular formula is C13H14N2O. The first-order valence-electron chi connectivity index (χ1n) is 5.37. The number of carbonyl (C=O) groups excluding carboxylic acids is 1. The molecule has 1 aromatic heterocycles. The summed E-state index contributed by atoms with van der Waals surface area (Å²) in [6.45, 7) is 4.44. The maximum Gasteiger partial charge on any atom is 0.160 e. The molecular weight excluding hydrogens is 200 g/mol. The molecule has 3 heteroatoms. The molecule has 1 N–H and O–H groups in total. The number of anilines is 1. The van der Waals surface area contributed by atoms with Crippen LogP contribution >= 0.6 is 0 Å². The quantitative estimate of drug-likeness (QED) is 0.799. The molecule has 2 aromatic rings. The first-order valence-corrected chi connectivity index (χ1v) is 5.37. The van der Waals surface area contributed by atoms with Gasteiger partial charge >= 0.3 is 0 Å². The number of ketones is 1. The molecule has 0 radical (unpaired) electrons. The zero-order chi connectivity index (χ0) is 11.5. The summed E-state index contributed by atoms with van der Waals surface area (Å²) in [4.78, 5) is 15.9. The zero-order valence-electron chi connectivity index (χ0n) is 9.45. The third-order valence-corrected chi connectivity index (χ3v) is 2.47. The smallest absolute Gasteiger partial charge is 0.160 e. The van der Waals surface area contributed by atoms with Gasteiger partial charge in [-0.2, -0.15) is 0 Å². The number of hydrogen-bond acceptors (Lipinski definition) is 3. The molecule has 0 bridgehead atoms. The van der Waals surface area contributed by atoms with Crippen LogP contribution in [-0.4, -0.2) is 17.3 Å². The van der Waals surface area contributed by atoms with Gasteiger partial charge in [-0.25, -0.2) is 4.98 Å². The Labute approximate surface area is 94.5 Å². The van der Waals surface area contributed by atoms with E-state index < -0.39 is 0 Å². The SMILES string of the molecule is CCNc1ccc2c(C(C)=O)cccc2n1. The van der Waals surface area contributed by atoms with Gasteiger partial charge in [-0.1, -0.05) is 12.1 Å². The molecule has 3 nitrogen and oxygen atoms in total. The highest BCUT2D eigenvalue weighted by Gasteiger charge is 2.06. The predicted molar refractivity (Wildman–Crippen MR) is 65.9 cm³/mol. The van der Waals surface area contributed by atoms with Crippen molar-refractivity contribution in [2.45, 2.75) is 13.8 Å². The van der Waals surface area contributed by atoms with Crippen LogP contribution < -0.4 is 5.32 Å². The number of carbonyl (C=O) groups is 1. The number of rotatable bonds is 3. The highest BCUT2D eigenvalue weighted by atomic mass is 16.1. The summed E-state index contributed by atoms with van der Waals surface area (Å²) in [5, 5.41) is 4.07. The van der Waals surface area contributed by atoms with E-state index in [2.05, 4.69) is 10.3 Å². The third-order valence-electron chi connectivity index (χ3n) is 2.47. The van der Waals surface area contributed by atoms with Gasteiger partial charge in [0, 0.05) is 17.5 Å². The fourth-order valence-electron chi connectivity index (χ4n) is 1.74. The van der Waals surface area contributed by atoms with Gasteiger partial charge in [0.15, 0.2) is 5.78 Å². The molecule has 0 aliphatic heterocycles. The van der Waals surface area contributed by atoms with E-state index in [4.69, 9.17) is 0 Å². The van der Waals surface area contributed by atoms with Crippen molar-refractivity contribution in [2.24, 2.45) is 0 Å². The third kappa shape index (κ3) is 1.89. The van der Waals surface area contributed by atoms with Crippen molar-refractivity contribution in [1.82, 2.24) is 4.98 Å². The maximum absolute atomic E-state index is 11.4. The molecule has 0 saturated carbocycles. The van der Waals surface area contributed by atoms with Crippen molar-refractivity contribution in [1.29, 1.82) is 0 Å². The number of aromatic nitrogens is 1. The van der Waals surface area contributed by atoms with Gasteiger partial charge < -0.3 is 5.32 Å². The maximum atomic E-state index is 11.4. The minimum atomic E-state index is 0.0728. The summed E-state index contributed by atoms with van der Waals surface area (Å²) in [5.41, 5.74) is 1.58. The van der Waals surface area contributed by atoms with Gasteiger partial charge in [0.1, 0.15) is 5.82 Å². The first-order chi connectivity index (χ1) is 7.72. The number of pyridine rings is 1. The lowest BCUT2D eigenvalue weighted by Gasteiger charge is -2.06. The predicted octanol–water partition coefficient (Wildman–Crippen LogP) is 2.87. The van der Waals surface area contributed by atoms with Gasteiger partial charge in [0.05, 0.1) is 5.52 Å². The van der Waals surface area contributed by atoms with Crippen LogP contribution in [0.3, 0.4) is 0 Å². The molecule has 1 heterocycles. The number of nitrogens with zero attached hydrogens (tertiary/aromatic N) is 1. The van der Waals surface area contributed by atoms with Crippen LogP contribution in [0, 0.1) is 0 Å². The Morgan fingerprint density at radius 2 is 2.12 bits per heavy atom. The monoisotopic (exact) mass is 214 g/mol. The molecule has 0 aliphatic carbocycles. The molecule has 0 aliphatic rings. The average Bonchev–Trinajstić information content (AvgIpc) is 2.28. The number of hydrogen-bond donors (Lipinski definition) is 1. The summed E-state index contributed by atoms with van der Waals surface area (Å²) in [6.07, 6.45) is 0. The van der Waals surface area contributed by atoms with Crippen LogP contribution in [0.15, 0.2) is 30.3 Å². The number of nitrogens with one attached hydrogen (secondary N) is 1. The van der Waals surface area contributed by atoms with Crippen molar-refractivity contribution in [3.8, 4) is 0 Å². The Morgan fingerprint density at radius 1 is 1.31 bits per heavy atom. The van der Waals surface area contributed by atoms with Gasteiger partial charge in [0.25, 0.3) is 0 Å². The van der Waals surface area contributed by atoms with Crippen LogP contribution in [0.4, 0.5) is 5.82 Å². The van der Waals surface area contributed by atoms with E-state index in [9.17, 15) is 4.79 Å². The molecule has 0 saturated heterocycles. The lowest BCUT2D eigenvalue weighted by molar-refractivity contribution is 0.101. The van der Waals surface area contributed by atoms with E-state index in [-0.39, 0.29) is 5.78 Å². The van der Waals surface area contributed by atoms with Crippen LogP contribution in [0.25, 0.3) is 10.9 Å². The standard InChI is InChI=1S/C13H14N2O/c1-3-14-13-8-7-11-10(9(2)16)5-4-6-12(11)15-13/h4-8H,3H2,1-2H3,(H,14,15). The fraction of sp³-hybridized carbons (Fsp3) is 0.231. The van der Waals surface area contributed by atoms with Gasteiger partial charge in [-0.3, -0.25) is 4.79 Å². The van der Waals surface area contributed by atoms with E-state index in [1.54, 1.807) is 6.92 Å². The van der Waals surface area contributed by atoms with Crippen LogP contribution in [-0.2, 0) is 0 Å². The molecule has 0 amide bonds. The topological polar surface area (TPSA) is 42.0 Å². The summed E-state index contributed by atoms with van der Waals surface area (Å²) >= 11 is 0. The number of Topliss-reactive ketones (excluding diaryl/α,β-unsaturated/α-hetero) is 1. The largest absolute Gasteiger partial charge is 0.370 e. The zero-order valence-corrected chi connectivity index (χ0v) is 9.45. The van der Waals surface area contributed by atoms with Crippen LogP contribution in [0.1, 0.15) is 24.2 Å². The second-order valence-electron chi connectivity index (χ2n) is 3.66.